The van der Waals surface area contributed by atoms with E-state index in [9.17, 15) is 0 Å². The number of rotatable bonds is 8. The van der Waals surface area contributed by atoms with Gasteiger partial charge in [-0.2, -0.15) is 0 Å². The fourth-order valence-electron chi connectivity index (χ4n) is 21.5. The molecule has 0 radical (unpaired) electrons. The summed E-state index contributed by atoms with van der Waals surface area (Å²) in [5.74, 6) is 0. The molecule has 26 aromatic rings. The van der Waals surface area contributed by atoms with Crippen molar-refractivity contribution in [1.29, 1.82) is 0 Å². The highest BCUT2D eigenvalue weighted by Gasteiger charge is 2.28. The Hall–Kier alpha value is -16.4. The summed E-state index contributed by atoms with van der Waals surface area (Å²) in [6.07, 6.45) is 0. The molecule has 4 heteroatoms. The molecule has 0 saturated carbocycles. The first-order valence-corrected chi connectivity index (χ1v) is 43.0. The molecule has 0 aliphatic heterocycles. The second kappa shape index (κ2) is 26.5. The highest BCUT2D eigenvalue weighted by molar-refractivity contribution is 6.26. The highest BCUT2D eigenvalue weighted by Crippen LogP contribution is 2.54. The van der Waals surface area contributed by atoms with E-state index in [1.807, 2.05) is 0 Å². The Morgan fingerprint density at radius 3 is 0.823 bits per heavy atom. The Bertz CT molecular complexity index is 9130. The number of hydrogen-bond acceptors (Lipinski definition) is 0. The van der Waals surface area contributed by atoms with Crippen LogP contribution in [-0.2, 0) is 0 Å². The highest BCUT2D eigenvalue weighted by atomic mass is 15.0. The molecule has 572 valence electrons. The van der Waals surface area contributed by atoms with Crippen molar-refractivity contribution in [3.8, 4) is 112 Å². The zero-order valence-corrected chi connectivity index (χ0v) is 67.4. The summed E-state index contributed by atoms with van der Waals surface area (Å²) in [5, 5.41) is 25.6. The lowest BCUT2D eigenvalue weighted by molar-refractivity contribution is 1.18. The lowest BCUT2D eigenvalue weighted by atomic mass is 9.95. The standard InChI is InChI=1S/2C60H36N2/c1-2-12-38-31-45(27-23-37(38)11-1)62-57-22-8-6-18-49(57)54-35-42(26-30-59(54)62)41-25-29-58-53(34-41)48-17-5-7-21-56(48)61(58)44-15-9-14-39(32-44)40-24-28-47-51-20-10-19-50-46-16-4-3-13-43(46)36-55(60(50)51)52(47)33-40;1-2-11-39-32-45(28-22-37(39)10-1)62-57-19-8-6-15-49(57)54-35-42(25-31-59(54)62)41-24-30-58-53(34-41)48-14-5-7-18-56(48)61(58)44-26-20-38(21-27-44)40-23-29-47-51-17-9-16-50-46-13-4-3-12-43(46)36-55(60(50)51)52(47)33-40/h2*1-36H. The van der Waals surface area contributed by atoms with E-state index < -0.39 is 0 Å². The number of benzene rings is 22. The second-order valence-corrected chi connectivity index (χ2v) is 33.8. The fraction of sp³-hybridized carbons (Fsp3) is 0. The quantitative estimate of drug-likeness (QED) is 0.135. The van der Waals surface area contributed by atoms with Gasteiger partial charge in [-0.1, -0.05) is 291 Å². The Morgan fingerprint density at radius 2 is 0.403 bits per heavy atom. The van der Waals surface area contributed by atoms with Crippen LogP contribution in [0.25, 0.3) is 264 Å². The summed E-state index contributed by atoms with van der Waals surface area (Å²) in [4.78, 5) is 0. The van der Waals surface area contributed by atoms with E-state index in [1.165, 1.54) is 252 Å². The van der Waals surface area contributed by atoms with Gasteiger partial charge < -0.3 is 18.3 Å². The van der Waals surface area contributed by atoms with E-state index in [0.29, 0.717) is 0 Å². The normalized spacial score (nSPS) is 12.2. The molecule has 124 heavy (non-hydrogen) atoms. The van der Waals surface area contributed by atoms with Crippen LogP contribution >= 0.6 is 0 Å². The monoisotopic (exact) mass is 1570 g/mol. The van der Waals surface area contributed by atoms with E-state index >= 15 is 0 Å². The maximum Gasteiger partial charge on any atom is 0.0541 e. The van der Waals surface area contributed by atoms with Gasteiger partial charge in [-0.25, -0.2) is 0 Å². The second-order valence-electron chi connectivity index (χ2n) is 33.8. The molecule has 0 atom stereocenters. The summed E-state index contributed by atoms with van der Waals surface area (Å²) >= 11 is 0. The van der Waals surface area contributed by atoms with Gasteiger partial charge in [-0.3, -0.25) is 0 Å². The summed E-state index contributed by atoms with van der Waals surface area (Å²) in [6.45, 7) is 0. The Morgan fingerprint density at radius 1 is 0.113 bits per heavy atom. The minimum Gasteiger partial charge on any atom is -0.309 e. The minimum atomic E-state index is 1.15. The maximum absolute atomic E-state index is 2.44. The Labute approximate surface area is 713 Å². The van der Waals surface area contributed by atoms with Crippen LogP contribution in [0.1, 0.15) is 0 Å². The van der Waals surface area contributed by atoms with Gasteiger partial charge in [-0.05, 0) is 299 Å². The minimum absolute atomic E-state index is 1.15. The van der Waals surface area contributed by atoms with Crippen molar-refractivity contribution >= 4 is 152 Å². The molecular formula is C120H72N4. The molecule has 4 aromatic heterocycles. The first-order chi connectivity index (χ1) is 61.5. The number of nitrogens with zero attached hydrogens (tertiary/aromatic N) is 4. The first kappa shape index (κ1) is 68.5. The van der Waals surface area contributed by atoms with Gasteiger partial charge in [0.05, 0.1) is 44.1 Å². The van der Waals surface area contributed by atoms with E-state index in [1.54, 1.807) is 0 Å². The summed E-state index contributed by atoms with van der Waals surface area (Å²) in [7, 11) is 0. The van der Waals surface area contributed by atoms with E-state index in [0.717, 1.165) is 11.4 Å². The van der Waals surface area contributed by atoms with Crippen LogP contribution in [0.5, 0.6) is 0 Å². The van der Waals surface area contributed by atoms with Gasteiger partial charge in [0, 0.05) is 65.8 Å². The lowest BCUT2D eigenvalue weighted by Gasteiger charge is -2.12. The summed E-state index contributed by atoms with van der Waals surface area (Å²) in [6, 6.07) is 162. The van der Waals surface area contributed by atoms with Gasteiger partial charge in [0.15, 0.2) is 0 Å². The molecule has 0 saturated heterocycles. The maximum atomic E-state index is 2.44. The van der Waals surface area contributed by atoms with E-state index in [-0.39, 0.29) is 0 Å². The molecule has 0 bridgehead atoms. The van der Waals surface area contributed by atoms with Crippen LogP contribution in [-0.4, -0.2) is 18.3 Å². The molecule has 0 fully saturated rings. The van der Waals surface area contributed by atoms with Gasteiger partial charge >= 0.3 is 0 Å². The largest absolute Gasteiger partial charge is 0.309 e. The van der Waals surface area contributed by atoms with Crippen LogP contribution in [0.2, 0.25) is 0 Å². The third-order valence-corrected chi connectivity index (χ3v) is 27.2. The molecule has 4 heterocycles. The lowest BCUT2D eigenvalue weighted by Crippen LogP contribution is -1.94. The van der Waals surface area contributed by atoms with E-state index in [2.05, 4.69) is 455 Å². The third kappa shape index (κ3) is 10.3. The predicted molar refractivity (Wildman–Crippen MR) is 526 cm³/mol. The van der Waals surface area contributed by atoms with Crippen molar-refractivity contribution in [3.63, 3.8) is 0 Å². The van der Waals surface area contributed by atoms with Gasteiger partial charge in [0.2, 0.25) is 0 Å². The first-order valence-electron chi connectivity index (χ1n) is 43.0. The molecule has 0 N–H and O–H groups in total. The molecule has 22 aromatic carbocycles. The zero-order valence-electron chi connectivity index (χ0n) is 67.4. The zero-order chi connectivity index (χ0) is 80.9. The molecular weight excluding hydrogens is 1500 g/mol. The number of fused-ring (bicyclic) bond motifs is 24. The smallest absolute Gasteiger partial charge is 0.0541 e. The van der Waals surface area contributed by atoms with Crippen LogP contribution in [0.15, 0.2) is 437 Å². The fourth-order valence-corrected chi connectivity index (χ4v) is 21.5. The molecule has 2 aliphatic carbocycles. The number of para-hydroxylation sites is 4. The number of hydrogen-bond donors (Lipinski definition) is 0. The number of aromatic nitrogens is 4. The molecule has 0 amide bonds. The van der Waals surface area contributed by atoms with Crippen LogP contribution in [0.3, 0.4) is 0 Å². The van der Waals surface area contributed by atoms with Crippen molar-refractivity contribution < 1.29 is 0 Å². The van der Waals surface area contributed by atoms with Crippen molar-refractivity contribution in [2.75, 3.05) is 0 Å². The van der Waals surface area contributed by atoms with Gasteiger partial charge in [0.1, 0.15) is 0 Å². The van der Waals surface area contributed by atoms with Crippen molar-refractivity contribution in [2.24, 2.45) is 0 Å². The topological polar surface area (TPSA) is 19.7 Å². The van der Waals surface area contributed by atoms with Crippen molar-refractivity contribution in [3.05, 3.63) is 437 Å². The Balaban J connectivity index is 0.000000130. The summed E-state index contributed by atoms with van der Waals surface area (Å²) in [5.41, 5.74) is 34.6. The van der Waals surface area contributed by atoms with Gasteiger partial charge in [-0.15, -0.1) is 0 Å². The van der Waals surface area contributed by atoms with Gasteiger partial charge in [0.25, 0.3) is 0 Å². The van der Waals surface area contributed by atoms with Crippen LogP contribution in [0.4, 0.5) is 0 Å². The molecule has 4 nitrogen and oxygen atoms in total. The summed E-state index contributed by atoms with van der Waals surface area (Å²) < 4.78 is 9.68. The molecule has 2 aliphatic rings. The SMILES string of the molecule is c1cc(-c2ccc3c(c2)-c2cc4ccccc4c4cccc-3c24)cc(-n2c3ccccc3c3cc(-c4ccc5c(c4)c4ccccc4n5-c4ccc5ccccc5c4)ccc32)c1.c1ccc2cc(-n3c4ccccc4c4cc(-c5ccc6c(c5)c5ccccc5n6-c5ccc(-c6ccc7c(c6)-c6cc8ccccc8c8cccc-7c68)cc5)ccc43)ccc2c1. The Kier molecular flexibility index (Phi) is 14.7. The predicted octanol–water partition coefficient (Wildman–Crippen LogP) is 32.6. The average Bonchev–Trinajstić information content (AvgIpc) is 1.56. The van der Waals surface area contributed by atoms with Crippen LogP contribution < -0.4 is 0 Å². The molecule has 0 unspecified atom stereocenters. The molecule has 0 spiro atoms. The van der Waals surface area contributed by atoms with Crippen molar-refractivity contribution in [2.45, 2.75) is 0 Å². The van der Waals surface area contributed by atoms with Crippen LogP contribution in [0, 0.1) is 0 Å². The third-order valence-electron chi connectivity index (χ3n) is 27.2. The van der Waals surface area contributed by atoms with E-state index in [4.69, 9.17) is 0 Å². The van der Waals surface area contributed by atoms with Crippen molar-refractivity contribution in [1.82, 2.24) is 18.3 Å². The molecule has 28 rings (SSSR count). The average molecular weight is 1570 g/mol.